The SMILES string of the molecule is NC1CC(C(=O)O)N(C(=O)c2ccccc2F)C1. The van der Waals surface area contributed by atoms with Crippen molar-refractivity contribution < 1.29 is 19.1 Å². The van der Waals surface area contributed by atoms with E-state index in [-0.39, 0.29) is 24.6 Å². The van der Waals surface area contributed by atoms with E-state index >= 15 is 0 Å². The Bertz CT molecular complexity index is 492. The van der Waals surface area contributed by atoms with Gasteiger partial charge >= 0.3 is 5.97 Å². The fraction of sp³-hybridized carbons (Fsp3) is 0.333. The molecule has 18 heavy (non-hydrogen) atoms. The van der Waals surface area contributed by atoms with Crippen LogP contribution in [0, 0.1) is 5.82 Å². The lowest BCUT2D eigenvalue weighted by atomic mass is 10.1. The first-order valence-corrected chi connectivity index (χ1v) is 5.54. The van der Waals surface area contributed by atoms with E-state index in [9.17, 15) is 14.0 Å². The van der Waals surface area contributed by atoms with Crippen LogP contribution in [0.3, 0.4) is 0 Å². The second-order valence-corrected chi connectivity index (χ2v) is 4.29. The van der Waals surface area contributed by atoms with Crippen LogP contribution in [-0.2, 0) is 4.79 Å². The first-order chi connectivity index (χ1) is 8.50. The van der Waals surface area contributed by atoms with E-state index < -0.39 is 23.7 Å². The Morgan fingerprint density at radius 3 is 2.67 bits per heavy atom. The summed E-state index contributed by atoms with van der Waals surface area (Å²) in [6.07, 6.45) is 0.190. The summed E-state index contributed by atoms with van der Waals surface area (Å²) in [7, 11) is 0. The third kappa shape index (κ3) is 2.19. The summed E-state index contributed by atoms with van der Waals surface area (Å²) in [6.45, 7) is 0.129. The molecule has 6 heteroatoms. The largest absolute Gasteiger partial charge is 0.480 e. The van der Waals surface area contributed by atoms with Gasteiger partial charge in [-0.25, -0.2) is 9.18 Å². The molecule has 1 aliphatic heterocycles. The highest BCUT2D eigenvalue weighted by atomic mass is 19.1. The standard InChI is InChI=1S/C12H13FN2O3/c13-9-4-2-1-3-8(9)11(16)15-6-7(14)5-10(15)12(17)18/h1-4,7,10H,5-6,14H2,(H,17,18). The molecule has 1 saturated heterocycles. The van der Waals surface area contributed by atoms with Gasteiger partial charge < -0.3 is 15.7 Å². The fourth-order valence-electron chi connectivity index (χ4n) is 2.12. The molecular formula is C12H13FN2O3. The van der Waals surface area contributed by atoms with Crippen LogP contribution in [0.2, 0.25) is 0 Å². The van der Waals surface area contributed by atoms with Gasteiger partial charge in [-0.3, -0.25) is 4.79 Å². The summed E-state index contributed by atoms with van der Waals surface area (Å²) in [6, 6.07) is 4.13. The van der Waals surface area contributed by atoms with Crippen LogP contribution < -0.4 is 5.73 Å². The molecule has 96 valence electrons. The summed E-state index contributed by atoms with van der Waals surface area (Å²) in [5.41, 5.74) is 5.53. The summed E-state index contributed by atoms with van der Waals surface area (Å²) in [5.74, 6) is -2.41. The number of hydrogen-bond acceptors (Lipinski definition) is 3. The third-order valence-corrected chi connectivity index (χ3v) is 2.98. The molecule has 1 fully saturated rings. The van der Waals surface area contributed by atoms with Gasteiger partial charge in [0.25, 0.3) is 5.91 Å². The van der Waals surface area contributed by atoms with E-state index in [0.29, 0.717) is 0 Å². The number of carboxylic acid groups (broad SMARTS) is 1. The topological polar surface area (TPSA) is 83.6 Å². The Hall–Kier alpha value is -1.95. The molecule has 1 aromatic rings. The van der Waals surface area contributed by atoms with Crippen LogP contribution >= 0.6 is 0 Å². The van der Waals surface area contributed by atoms with E-state index in [1.54, 1.807) is 0 Å². The Morgan fingerprint density at radius 2 is 2.06 bits per heavy atom. The summed E-state index contributed by atoms with van der Waals surface area (Å²) in [5, 5.41) is 9.02. The van der Waals surface area contributed by atoms with Gasteiger partial charge in [0.2, 0.25) is 0 Å². The lowest BCUT2D eigenvalue weighted by molar-refractivity contribution is -0.141. The highest BCUT2D eigenvalue weighted by Crippen LogP contribution is 2.21. The minimum atomic E-state index is -1.12. The van der Waals surface area contributed by atoms with E-state index in [4.69, 9.17) is 10.8 Å². The zero-order chi connectivity index (χ0) is 13.3. The molecule has 1 heterocycles. The quantitative estimate of drug-likeness (QED) is 0.800. The van der Waals surface area contributed by atoms with E-state index in [2.05, 4.69) is 0 Å². The maximum Gasteiger partial charge on any atom is 0.326 e. The van der Waals surface area contributed by atoms with Crippen molar-refractivity contribution in [3.05, 3.63) is 35.6 Å². The van der Waals surface area contributed by atoms with Crippen molar-refractivity contribution in [3.63, 3.8) is 0 Å². The second kappa shape index (κ2) is 4.73. The molecular weight excluding hydrogens is 239 g/mol. The third-order valence-electron chi connectivity index (χ3n) is 2.98. The molecule has 0 spiro atoms. The number of likely N-dealkylation sites (tertiary alicyclic amines) is 1. The van der Waals surface area contributed by atoms with Crippen molar-refractivity contribution in [1.29, 1.82) is 0 Å². The van der Waals surface area contributed by atoms with Crippen LogP contribution in [0.25, 0.3) is 0 Å². The predicted octanol–water partition coefficient (Wildman–Crippen LogP) is 0.452. The van der Waals surface area contributed by atoms with E-state index in [0.717, 1.165) is 4.90 Å². The highest BCUT2D eigenvalue weighted by Gasteiger charge is 2.39. The minimum absolute atomic E-state index is 0.127. The summed E-state index contributed by atoms with van der Waals surface area (Å²) >= 11 is 0. The zero-order valence-corrected chi connectivity index (χ0v) is 9.54. The Labute approximate surface area is 103 Å². The van der Waals surface area contributed by atoms with Crippen LogP contribution in [0.1, 0.15) is 16.8 Å². The van der Waals surface area contributed by atoms with Gasteiger partial charge in [0, 0.05) is 12.6 Å². The maximum atomic E-state index is 13.5. The van der Waals surface area contributed by atoms with Crippen molar-refractivity contribution >= 4 is 11.9 Å². The number of benzene rings is 1. The fourth-order valence-corrected chi connectivity index (χ4v) is 2.12. The second-order valence-electron chi connectivity index (χ2n) is 4.29. The lowest BCUT2D eigenvalue weighted by Gasteiger charge is -2.21. The molecule has 0 aromatic heterocycles. The number of carbonyl (C=O) groups is 2. The Morgan fingerprint density at radius 1 is 1.39 bits per heavy atom. The average Bonchev–Trinajstić information content (AvgIpc) is 2.71. The van der Waals surface area contributed by atoms with Crippen LogP contribution in [0.5, 0.6) is 0 Å². The molecule has 1 amide bonds. The molecule has 2 atom stereocenters. The van der Waals surface area contributed by atoms with Crippen LogP contribution in [0.15, 0.2) is 24.3 Å². The summed E-state index contributed by atoms with van der Waals surface area (Å²) in [4.78, 5) is 24.2. The number of nitrogens with two attached hydrogens (primary N) is 1. The lowest BCUT2D eigenvalue weighted by Crippen LogP contribution is -2.41. The number of hydrogen-bond donors (Lipinski definition) is 2. The number of rotatable bonds is 2. The Balaban J connectivity index is 2.28. The van der Waals surface area contributed by atoms with Gasteiger partial charge in [0.15, 0.2) is 0 Å². The van der Waals surface area contributed by atoms with Crippen molar-refractivity contribution in [2.24, 2.45) is 5.73 Å². The van der Waals surface area contributed by atoms with Crippen molar-refractivity contribution in [2.75, 3.05) is 6.54 Å². The summed E-state index contributed by atoms with van der Waals surface area (Å²) < 4.78 is 13.5. The first-order valence-electron chi connectivity index (χ1n) is 5.54. The number of aliphatic carboxylic acids is 1. The van der Waals surface area contributed by atoms with Gasteiger partial charge in [0.05, 0.1) is 5.56 Å². The van der Waals surface area contributed by atoms with Gasteiger partial charge in [-0.1, -0.05) is 12.1 Å². The van der Waals surface area contributed by atoms with E-state index in [1.807, 2.05) is 0 Å². The van der Waals surface area contributed by atoms with Crippen molar-refractivity contribution in [3.8, 4) is 0 Å². The molecule has 5 nitrogen and oxygen atoms in total. The van der Waals surface area contributed by atoms with Crippen molar-refractivity contribution in [2.45, 2.75) is 18.5 Å². The molecule has 2 rings (SSSR count). The van der Waals surface area contributed by atoms with Crippen LogP contribution in [-0.4, -0.2) is 40.5 Å². The predicted molar refractivity (Wildman–Crippen MR) is 61.5 cm³/mol. The number of carbonyl (C=O) groups excluding carboxylic acids is 1. The maximum absolute atomic E-state index is 13.5. The smallest absolute Gasteiger partial charge is 0.326 e. The monoisotopic (exact) mass is 252 g/mol. The number of amides is 1. The molecule has 0 bridgehead atoms. The minimum Gasteiger partial charge on any atom is -0.480 e. The molecule has 2 unspecified atom stereocenters. The van der Waals surface area contributed by atoms with Gasteiger partial charge in [-0.15, -0.1) is 0 Å². The average molecular weight is 252 g/mol. The van der Waals surface area contributed by atoms with Gasteiger partial charge in [-0.05, 0) is 18.6 Å². The number of carboxylic acids is 1. The number of nitrogens with zero attached hydrogens (tertiary/aromatic N) is 1. The van der Waals surface area contributed by atoms with Gasteiger partial charge in [-0.2, -0.15) is 0 Å². The Kier molecular flexibility index (Phi) is 3.29. The molecule has 0 saturated carbocycles. The van der Waals surface area contributed by atoms with E-state index in [1.165, 1.54) is 24.3 Å². The van der Waals surface area contributed by atoms with Crippen molar-refractivity contribution in [1.82, 2.24) is 4.90 Å². The number of halogens is 1. The normalized spacial score (nSPS) is 23.1. The molecule has 1 aliphatic rings. The molecule has 3 N–H and O–H groups in total. The van der Waals surface area contributed by atoms with Gasteiger partial charge in [0.1, 0.15) is 11.9 Å². The molecule has 0 radical (unpaired) electrons. The highest BCUT2D eigenvalue weighted by molar-refractivity contribution is 5.97. The molecule has 0 aliphatic carbocycles. The van der Waals surface area contributed by atoms with Crippen LogP contribution in [0.4, 0.5) is 4.39 Å². The zero-order valence-electron chi connectivity index (χ0n) is 9.54. The molecule has 1 aromatic carbocycles. The first kappa shape index (κ1) is 12.5.